The highest BCUT2D eigenvalue weighted by Gasteiger charge is 2.13. The van der Waals surface area contributed by atoms with Gasteiger partial charge in [0.15, 0.2) is 5.65 Å². The van der Waals surface area contributed by atoms with Gasteiger partial charge < -0.3 is 9.80 Å². The molecule has 23 heavy (non-hydrogen) atoms. The first-order valence-corrected chi connectivity index (χ1v) is 7.45. The maximum absolute atomic E-state index is 12.3. The molecule has 120 valence electrons. The van der Waals surface area contributed by atoms with Crippen molar-refractivity contribution >= 4 is 17.0 Å². The lowest BCUT2D eigenvalue weighted by atomic mass is 10.3. The van der Waals surface area contributed by atoms with Crippen molar-refractivity contribution in [3.63, 3.8) is 0 Å². The van der Waals surface area contributed by atoms with Crippen molar-refractivity contribution in [3.8, 4) is 5.69 Å². The van der Waals surface area contributed by atoms with Gasteiger partial charge in [-0.05, 0) is 26.2 Å². The molecule has 0 aliphatic heterocycles. The third-order valence-corrected chi connectivity index (χ3v) is 3.67. The highest BCUT2D eigenvalue weighted by atomic mass is 16.1. The highest BCUT2D eigenvalue weighted by molar-refractivity contribution is 5.76. The van der Waals surface area contributed by atoms with Crippen molar-refractivity contribution in [2.45, 2.75) is 0 Å². The molecule has 0 atom stereocenters. The van der Waals surface area contributed by atoms with E-state index in [-0.39, 0.29) is 5.56 Å². The fourth-order valence-electron chi connectivity index (χ4n) is 2.30. The summed E-state index contributed by atoms with van der Waals surface area (Å²) in [4.78, 5) is 23.7. The Kier molecular flexibility index (Phi) is 4.12. The number of anilines is 1. The van der Waals surface area contributed by atoms with Gasteiger partial charge in [-0.2, -0.15) is 10.1 Å². The second-order valence-electron chi connectivity index (χ2n) is 5.74. The predicted molar refractivity (Wildman–Crippen MR) is 91.3 cm³/mol. The fraction of sp³-hybridized carbons (Fsp3) is 0.312. The maximum Gasteiger partial charge on any atom is 0.263 e. The largest absolute Gasteiger partial charge is 0.344 e. The summed E-state index contributed by atoms with van der Waals surface area (Å²) in [6.45, 7) is 1.64. The summed E-state index contributed by atoms with van der Waals surface area (Å²) >= 11 is 0. The molecule has 0 aliphatic rings. The van der Waals surface area contributed by atoms with Crippen molar-refractivity contribution in [3.05, 3.63) is 46.9 Å². The molecular weight excluding hydrogens is 292 g/mol. The first-order valence-electron chi connectivity index (χ1n) is 7.45. The maximum atomic E-state index is 12.3. The van der Waals surface area contributed by atoms with Crippen molar-refractivity contribution in [2.75, 3.05) is 39.1 Å². The van der Waals surface area contributed by atoms with E-state index in [0.29, 0.717) is 17.0 Å². The third-order valence-electron chi connectivity index (χ3n) is 3.67. The van der Waals surface area contributed by atoms with Crippen molar-refractivity contribution in [1.82, 2.24) is 24.6 Å². The lowest BCUT2D eigenvalue weighted by Gasteiger charge is -2.19. The van der Waals surface area contributed by atoms with Gasteiger partial charge in [0.05, 0.1) is 11.9 Å². The molecule has 7 nitrogen and oxygen atoms in total. The van der Waals surface area contributed by atoms with E-state index >= 15 is 0 Å². The number of para-hydroxylation sites is 1. The van der Waals surface area contributed by atoms with Crippen LogP contribution in [0.2, 0.25) is 0 Å². The number of hydrogen-bond acceptors (Lipinski definition) is 5. The summed E-state index contributed by atoms with van der Waals surface area (Å²) in [7, 11) is 5.94. The van der Waals surface area contributed by atoms with Crippen molar-refractivity contribution < 1.29 is 0 Å². The van der Waals surface area contributed by atoms with Crippen LogP contribution in [0, 0.1) is 0 Å². The van der Waals surface area contributed by atoms with Gasteiger partial charge in [0.2, 0.25) is 5.95 Å². The van der Waals surface area contributed by atoms with E-state index in [9.17, 15) is 4.79 Å². The van der Waals surface area contributed by atoms with Gasteiger partial charge in [-0.25, -0.2) is 4.68 Å². The van der Waals surface area contributed by atoms with Crippen LogP contribution in [0.3, 0.4) is 0 Å². The second-order valence-corrected chi connectivity index (χ2v) is 5.74. The number of rotatable bonds is 5. The van der Waals surface area contributed by atoms with Crippen LogP contribution in [-0.4, -0.2) is 58.9 Å². The Morgan fingerprint density at radius 1 is 1.13 bits per heavy atom. The average molecular weight is 312 g/mol. The summed E-state index contributed by atoms with van der Waals surface area (Å²) in [5.41, 5.74) is 1.26. The van der Waals surface area contributed by atoms with Gasteiger partial charge in [-0.1, -0.05) is 18.2 Å². The quantitative estimate of drug-likeness (QED) is 0.764. The molecule has 7 heteroatoms. The van der Waals surface area contributed by atoms with E-state index < -0.39 is 0 Å². The molecule has 0 spiro atoms. The van der Waals surface area contributed by atoms with E-state index in [1.165, 1.54) is 0 Å². The lowest BCUT2D eigenvalue weighted by molar-refractivity contribution is 0.415. The number of likely N-dealkylation sites (N-methyl/N-ethyl adjacent to an activating group) is 2. The number of aromatic nitrogens is 4. The Hall–Kier alpha value is -2.67. The molecule has 1 N–H and O–H groups in total. The van der Waals surface area contributed by atoms with E-state index in [1.807, 2.05) is 56.4 Å². The molecule has 0 bridgehead atoms. The number of nitrogens with zero attached hydrogens (tertiary/aromatic N) is 5. The van der Waals surface area contributed by atoms with Crippen molar-refractivity contribution in [2.24, 2.45) is 0 Å². The summed E-state index contributed by atoms with van der Waals surface area (Å²) in [6.07, 6.45) is 1.55. The minimum Gasteiger partial charge on any atom is -0.344 e. The lowest BCUT2D eigenvalue weighted by Crippen LogP contribution is -2.31. The monoisotopic (exact) mass is 312 g/mol. The Morgan fingerprint density at radius 2 is 1.87 bits per heavy atom. The Labute approximate surface area is 134 Å². The number of hydrogen-bond donors (Lipinski definition) is 1. The van der Waals surface area contributed by atoms with Gasteiger partial charge in [0.25, 0.3) is 5.56 Å². The zero-order valence-corrected chi connectivity index (χ0v) is 13.5. The smallest absolute Gasteiger partial charge is 0.263 e. The van der Waals surface area contributed by atoms with Crippen LogP contribution in [-0.2, 0) is 0 Å². The van der Waals surface area contributed by atoms with Crippen molar-refractivity contribution in [1.29, 1.82) is 0 Å². The van der Waals surface area contributed by atoms with E-state index in [0.717, 1.165) is 18.8 Å². The number of aromatic amines is 1. The van der Waals surface area contributed by atoms with E-state index in [4.69, 9.17) is 0 Å². The molecule has 0 unspecified atom stereocenters. The minimum absolute atomic E-state index is 0.177. The summed E-state index contributed by atoms with van der Waals surface area (Å²) in [6, 6.07) is 9.67. The number of H-pyrrole nitrogens is 1. The summed E-state index contributed by atoms with van der Waals surface area (Å²) in [5.74, 6) is 0.544. The standard InChI is InChI=1S/C16H20N6O/c1-20(2)9-10-21(3)16-18-14-13(15(23)19-16)11-17-22(14)12-7-5-4-6-8-12/h4-8,11H,9-10H2,1-3H3,(H,18,19,23). The normalized spacial score (nSPS) is 11.3. The van der Waals surface area contributed by atoms with Gasteiger partial charge in [0.1, 0.15) is 5.39 Å². The molecule has 0 fully saturated rings. The Balaban J connectivity index is 2.04. The minimum atomic E-state index is -0.177. The molecule has 0 amide bonds. The topological polar surface area (TPSA) is 70.1 Å². The highest BCUT2D eigenvalue weighted by Crippen LogP contribution is 2.15. The summed E-state index contributed by atoms with van der Waals surface area (Å²) < 4.78 is 1.69. The second kappa shape index (κ2) is 6.21. The van der Waals surface area contributed by atoms with Gasteiger partial charge >= 0.3 is 0 Å². The van der Waals surface area contributed by atoms with E-state index in [2.05, 4.69) is 20.0 Å². The number of benzene rings is 1. The molecule has 3 rings (SSSR count). The first kappa shape index (κ1) is 15.2. The third kappa shape index (κ3) is 3.09. The fourth-order valence-corrected chi connectivity index (χ4v) is 2.30. The van der Waals surface area contributed by atoms with Crippen LogP contribution in [0.1, 0.15) is 0 Å². The molecule has 1 aromatic carbocycles. The van der Waals surface area contributed by atoms with Crippen LogP contribution in [0.4, 0.5) is 5.95 Å². The van der Waals surface area contributed by atoms with Gasteiger partial charge in [0, 0.05) is 20.1 Å². The molecule has 0 saturated heterocycles. The molecule has 2 heterocycles. The predicted octanol–water partition coefficient (Wildman–Crippen LogP) is 1.11. The summed E-state index contributed by atoms with van der Waals surface area (Å²) in [5, 5.41) is 4.79. The molecule has 2 aromatic heterocycles. The number of nitrogens with one attached hydrogen (secondary N) is 1. The zero-order chi connectivity index (χ0) is 16.4. The first-order chi connectivity index (χ1) is 11.1. The molecule has 0 saturated carbocycles. The average Bonchev–Trinajstić information content (AvgIpc) is 2.98. The van der Waals surface area contributed by atoms with Crippen LogP contribution < -0.4 is 10.5 Å². The van der Waals surface area contributed by atoms with Gasteiger partial charge in [-0.15, -0.1) is 0 Å². The van der Waals surface area contributed by atoms with Crippen LogP contribution >= 0.6 is 0 Å². The Morgan fingerprint density at radius 3 is 2.57 bits per heavy atom. The SMILES string of the molecule is CN(C)CCN(C)c1nc2c(cnn2-c2ccccc2)c(=O)[nH]1. The molecular formula is C16H20N6O. The Bertz CT molecular complexity index is 852. The van der Waals surface area contributed by atoms with E-state index in [1.54, 1.807) is 10.9 Å². The molecule has 3 aromatic rings. The zero-order valence-electron chi connectivity index (χ0n) is 13.5. The molecule has 0 aliphatic carbocycles. The van der Waals surface area contributed by atoms with Gasteiger partial charge in [-0.3, -0.25) is 9.78 Å². The van der Waals surface area contributed by atoms with Crippen LogP contribution in [0.5, 0.6) is 0 Å². The number of fused-ring (bicyclic) bond motifs is 1. The van der Waals surface area contributed by atoms with Crippen LogP contribution in [0.15, 0.2) is 41.3 Å². The van der Waals surface area contributed by atoms with Crippen LogP contribution in [0.25, 0.3) is 16.7 Å². The molecule has 0 radical (unpaired) electrons.